The van der Waals surface area contributed by atoms with Crippen molar-refractivity contribution in [1.82, 2.24) is 0 Å². The zero-order valence-electron chi connectivity index (χ0n) is 16.4. The molecule has 0 saturated heterocycles. The third-order valence-electron chi connectivity index (χ3n) is 5.20. The van der Waals surface area contributed by atoms with Crippen LogP contribution < -0.4 is 32.9 Å². The highest BCUT2D eigenvalue weighted by atomic mass is 79.9. The molecular formula is C26H22BrO2P. The van der Waals surface area contributed by atoms with E-state index in [1.54, 1.807) is 12.1 Å². The summed E-state index contributed by atoms with van der Waals surface area (Å²) in [6.07, 6.45) is 0.770. The Labute approximate surface area is 188 Å². The van der Waals surface area contributed by atoms with Gasteiger partial charge < -0.3 is 22.1 Å². The van der Waals surface area contributed by atoms with Crippen molar-refractivity contribution in [1.29, 1.82) is 0 Å². The van der Waals surface area contributed by atoms with Crippen LogP contribution in [0.1, 0.15) is 15.9 Å². The van der Waals surface area contributed by atoms with Crippen molar-refractivity contribution < 1.29 is 26.9 Å². The number of carboxylic acid groups (broad SMARTS) is 1. The van der Waals surface area contributed by atoms with Gasteiger partial charge in [0, 0.05) is 0 Å². The van der Waals surface area contributed by atoms with Gasteiger partial charge in [-0.25, -0.2) is 4.79 Å². The molecule has 0 fully saturated rings. The van der Waals surface area contributed by atoms with Crippen LogP contribution in [-0.2, 0) is 6.16 Å². The maximum atomic E-state index is 12.2. The number of benzene rings is 4. The van der Waals surface area contributed by atoms with Gasteiger partial charge in [0.25, 0.3) is 0 Å². The number of hydrogen-bond acceptors (Lipinski definition) is 1. The number of carbonyl (C=O) groups is 1. The van der Waals surface area contributed by atoms with Crippen LogP contribution in [0.4, 0.5) is 0 Å². The van der Waals surface area contributed by atoms with E-state index >= 15 is 0 Å². The smallest absolute Gasteiger partial charge is 0.339 e. The summed E-state index contributed by atoms with van der Waals surface area (Å²) < 4.78 is 0. The predicted molar refractivity (Wildman–Crippen MR) is 122 cm³/mol. The Hall–Kier alpha value is -2.74. The maximum Gasteiger partial charge on any atom is 0.339 e. The van der Waals surface area contributed by atoms with E-state index in [0.29, 0.717) is 5.56 Å². The fraction of sp³-hybridized carbons (Fsp3) is 0.0385. The van der Waals surface area contributed by atoms with Crippen molar-refractivity contribution >= 4 is 29.1 Å². The molecule has 4 aromatic rings. The van der Waals surface area contributed by atoms with E-state index in [1.807, 2.05) is 66.7 Å². The molecule has 0 bridgehead atoms. The quantitative estimate of drug-likeness (QED) is 0.431. The molecule has 0 saturated carbocycles. The first-order valence-electron chi connectivity index (χ1n) is 9.58. The van der Waals surface area contributed by atoms with Gasteiger partial charge >= 0.3 is 5.97 Å². The van der Waals surface area contributed by atoms with Crippen LogP contribution in [0.3, 0.4) is 0 Å². The van der Waals surface area contributed by atoms with Crippen molar-refractivity contribution in [2.24, 2.45) is 0 Å². The van der Waals surface area contributed by atoms with E-state index in [2.05, 4.69) is 36.4 Å². The zero-order valence-corrected chi connectivity index (χ0v) is 18.8. The minimum atomic E-state index is -2.25. The second kappa shape index (κ2) is 9.84. The second-order valence-electron chi connectivity index (χ2n) is 6.95. The highest BCUT2D eigenvalue weighted by Crippen LogP contribution is 2.58. The second-order valence-corrected chi connectivity index (χ2v) is 10.4. The number of hydrogen-bond donors (Lipinski definition) is 1. The zero-order chi connectivity index (χ0) is 20.1. The standard InChI is InChI=1S/C26H21O2P.BrH/c27-26(28)24-18-10-11-19-25(24)29(22-14-6-2-7-15-22,23-16-8-3-9-17-23)20-21-12-4-1-5-13-21;/h1-19H,20H2;1H. The molecule has 4 rings (SSSR count). The normalized spacial score (nSPS) is 10.8. The molecule has 0 spiro atoms. The van der Waals surface area contributed by atoms with E-state index in [-0.39, 0.29) is 17.0 Å². The summed E-state index contributed by atoms with van der Waals surface area (Å²) in [5.41, 5.74) is 1.58. The van der Waals surface area contributed by atoms with Crippen LogP contribution in [-0.4, -0.2) is 11.1 Å². The number of carboxylic acids is 1. The molecule has 0 aliphatic rings. The fourth-order valence-corrected chi connectivity index (χ4v) is 8.34. The monoisotopic (exact) mass is 476 g/mol. The van der Waals surface area contributed by atoms with E-state index in [4.69, 9.17) is 0 Å². The van der Waals surface area contributed by atoms with E-state index in [1.165, 1.54) is 16.2 Å². The molecule has 0 aliphatic carbocycles. The van der Waals surface area contributed by atoms with Crippen molar-refractivity contribution in [3.63, 3.8) is 0 Å². The molecule has 0 aromatic heterocycles. The van der Waals surface area contributed by atoms with Gasteiger partial charge in [-0.3, -0.25) is 0 Å². The number of rotatable bonds is 6. The molecule has 0 unspecified atom stereocenters. The molecule has 0 heterocycles. The Morgan fingerprint density at radius 2 is 1.07 bits per heavy atom. The van der Waals surface area contributed by atoms with Gasteiger partial charge in [0.15, 0.2) is 0 Å². The average Bonchev–Trinajstić information content (AvgIpc) is 2.79. The molecule has 0 amide bonds. The summed E-state index contributed by atoms with van der Waals surface area (Å²) in [6, 6.07) is 38.6. The van der Waals surface area contributed by atoms with Crippen molar-refractivity contribution in [2.75, 3.05) is 0 Å². The summed E-state index contributed by atoms with van der Waals surface area (Å²) in [6.45, 7) is 0. The molecule has 0 aliphatic heterocycles. The van der Waals surface area contributed by atoms with Gasteiger partial charge in [-0.15, -0.1) is 0 Å². The topological polar surface area (TPSA) is 37.3 Å². The summed E-state index contributed by atoms with van der Waals surface area (Å²) in [7, 11) is -2.25. The van der Waals surface area contributed by atoms with Gasteiger partial charge in [-0.2, -0.15) is 0 Å². The summed E-state index contributed by atoms with van der Waals surface area (Å²) in [5.74, 6) is -0.884. The molecular weight excluding hydrogens is 455 g/mol. The van der Waals surface area contributed by atoms with Gasteiger partial charge in [0.1, 0.15) is 28.7 Å². The van der Waals surface area contributed by atoms with Gasteiger partial charge in [-0.05, 0) is 42.0 Å². The molecule has 4 heteroatoms. The fourth-order valence-electron chi connectivity index (χ4n) is 3.90. The van der Waals surface area contributed by atoms with E-state index < -0.39 is 13.2 Å². The van der Waals surface area contributed by atoms with Crippen LogP contribution in [0.15, 0.2) is 115 Å². The first-order chi connectivity index (χ1) is 14.2. The molecule has 150 valence electrons. The van der Waals surface area contributed by atoms with Crippen molar-refractivity contribution in [3.8, 4) is 0 Å². The van der Waals surface area contributed by atoms with Crippen LogP contribution in [0.25, 0.3) is 0 Å². The van der Waals surface area contributed by atoms with Gasteiger partial charge in [0.2, 0.25) is 0 Å². The van der Waals surface area contributed by atoms with Crippen LogP contribution in [0.5, 0.6) is 0 Å². The molecule has 0 atom stereocenters. The molecule has 4 aromatic carbocycles. The van der Waals surface area contributed by atoms with Crippen LogP contribution >= 0.6 is 7.26 Å². The third-order valence-corrected chi connectivity index (χ3v) is 9.61. The minimum Gasteiger partial charge on any atom is -1.00 e. The summed E-state index contributed by atoms with van der Waals surface area (Å²) in [5, 5.41) is 13.3. The highest BCUT2D eigenvalue weighted by Gasteiger charge is 2.47. The first kappa shape index (κ1) is 22.0. The van der Waals surface area contributed by atoms with E-state index in [0.717, 1.165) is 11.5 Å². The molecule has 1 N–H and O–H groups in total. The predicted octanol–water partition coefficient (Wildman–Crippen LogP) is 1.88. The first-order valence-corrected chi connectivity index (χ1v) is 11.6. The lowest BCUT2D eigenvalue weighted by molar-refractivity contribution is -0.0000211. The Morgan fingerprint density at radius 1 is 0.633 bits per heavy atom. The van der Waals surface area contributed by atoms with Crippen LogP contribution in [0, 0.1) is 0 Å². The maximum absolute atomic E-state index is 12.2. The Kier molecular flexibility index (Phi) is 7.20. The molecule has 2 nitrogen and oxygen atoms in total. The van der Waals surface area contributed by atoms with Crippen molar-refractivity contribution in [2.45, 2.75) is 6.16 Å². The number of halogens is 1. The minimum absolute atomic E-state index is 0. The molecule has 30 heavy (non-hydrogen) atoms. The molecule has 0 radical (unpaired) electrons. The van der Waals surface area contributed by atoms with E-state index in [9.17, 15) is 9.90 Å². The van der Waals surface area contributed by atoms with Gasteiger partial charge in [-0.1, -0.05) is 78.9 Å². The lowest BCUT2D eigenvalue weighted by Crippen LogP contribution is -3.00. The highest BCUT2D eigenvalue weighted by molar-refractivity contribution is 7.95. The number of aromatic carboxylic acids is 1. The Morgan fingerprint density at radius 3 is 1.57 bits per heavy atom. The SMILES string of the molecule is O=C(O)c1ccccc1[P+](Cc1ccccc1)(c1ccccc1)c1ccccc1.[Br-]. The van der Waals surface area contributed by atoms with Crippen LogP contribution in [0.2, 0.25) is 0 Å². The summed E-state index contributed by atoms with van der Waals surface area (Å²) >= 11 is 0. The van der Waals surface area contributed by atoms with Gasteiger partial charge in [0.05, 0.1) is 6.16 Å². The third kappa shape index (κ3) is 4.23. The lowest BCUT2D eigenvalue weighted by Gasteiger charge is -2.28. The Balaban J connectivity index is 0.00000256. The average molecular weight is 477 g/mol. The Bertz CT molecular complexity index is 1060. The lowest BCUT2D eigenvalue weighted by atomic mass is 10.2. The van der Waals surface area contributed by atoms with Crippen molar-refractivity contribution in [3.05, 3.63) is 126 Å². The largest absolute Gasteiger partial charge is 1.00 e. The summed E-state index contributed by atoms with van der Waals surface area (Å²) in [4.78, 5) is 12.2.